The number of ether oxygens (including phenoxy) is 1. The van der Waals surface area contributed by atoms with Crippen LogP contribution in [-0.2, 0) is 12.7 Å². The van der Waals surface area contributed by atoms with Gasteiger partial charge in [0.15, 0.2) is 0 Å². The zero-order valence-corrected chi connectivity index (χ0v) is 15.0. The monoisotopic (exact) mass is 402 g/mol. The van der Waals surface area contributed by atoms with Gasteiger partial charge in [-0.1, -0.05) is 17.3 Å². The Hall–Kier alpha value is -3.69. The van der Waals surface area contributed by atoms with Crippen LogP contribution in [0.2, 0.25) is 0 Å². The van der Waals surface area contributed by atoms with Crippen molar-refractivity contribution in [1.82, 2.24) is 19.7 Å². The second-order valence-electron chi connectivity index (χ2n) is 6.13. The lowest BCUT2D eigenvalue weighted by atomic mass is 10.1. The number of rotatable bonds is 4. The maximum Gasteiger partial charge on any atom is 0.471 e. The van der Waals surface area contributed by atoms with Crippen molar-refractivity contribution in [2.45, 2.75) is 12.7 Å². The van der Waals surface area contributed by atoms with E-state index in [1.165, 1.54) is 16.8 Å². The van der Waals surface area contributed by atoms with E-state index in [9.17, 15) is 18.0 Å². The number of benzene rings is 1. The van der Waals surface area contributed by atoms with Gasteiger partial charge in [0, 0.05) is 29.4 Å². The van der Waals surface area contributed by atoms with E-state index in [0.29, 0.717) is 11.3 Å². The largest absolute Gasteiger partial charge is 0.494 e. The Labute approximate surface area is 161 Å². The van der Waals surface area contributed by atoms with Gasteiger partial charge in [0.25, 0.3) is 5.56 Å². The highest BCUT2D eigenvalue weighted by Gasteiger charge is 2.38. The van der Waals surface area contributed by atoms with Gasteiger partial charge in [-0.2, -0.15) is 18.2 Å². The number of methoxy groups -OCH3 is 1. The minimum atomic E-state index is -4.75. The standard InChI is InChI=1S/C19H13F3N4O3/c1-28-14-5-4-12(13-3-2-7-23-16(13)14)10-26-8-6-11(9-15(26)27)17-24-18(29-25-17)19(20,21)22/h2-9H,10H2,1H3. The molecule has 0 spiro atoms. The van der Waals surface area contributed by atoms with E-state index in [0.717, 1.165) is 17.0 Å². The van der Waals surface area contributed by atoms with Crippen LogP contribution in [0, 0.1) is 0 Å². The average Bonchev–Trinajstić information content (AvgIpc) is 3.20. The summed E-state index contributed by atoms with van der Waals surface area (Å²) in [5, 5.41) is 4.12. The molecule has 7 nitrogen and oxygen atoms in total. The molecule has 0 unspecified atom stereocenters. The van der Waals surface area contributed by atoms with Gasteiger partial charge in [-0.25, -0.2) is 0 Å². The number of fused-ring (bicyclic) bond motifs is 1. The summed E-state index contributed by atoms with van der Waals surface area (Å²) >= 11 is 0. The molecule has 4 rings (SSSR count). The third-order valence-electron chi connectivity index (χ3n) is 4.31. The van der Waals surface area contributed by atoms with Gasteiger partial charge >= 0.3 is 12.1 Å². The minimum Gasteiger partial charge on any atom is -0.494 e. The number of pyridine rings is 2. The summed E-state index contributed by atoms with van der Waals surface area (Å²) in [5.74, 6) is -1.15. The van der Waals surface area contributed by atoms with Crippen molar-refractivity contribution in [2.24, 2.45) is 0 Å². The third kappa shape index (κ3) is 3.56. The fourth-order valence-electron chi connectivity index (χ4n) is 2.93. The Balaban J connectivity index is 1.67. The van der Waals surface area contributed by atoms with E-state index in [1.54, 1.807) is 25.4 Å². The average molecular weight is 402 g/mol. The second kappa shape index (κ2) is 7.04. The maximum absolute atomic E-state index is 12.6. The molecule has 0 atom stereocenters. The van der Waals surface area contributed by atoms with Crippen LogP contribution in [0.3, 0.4) is 0 Å². The molecule has 0 aliphatic heterocycles. The quantitative estimate of drug-likeness (QED) is 0.519. The molecule has 0 aliphatic rings. The third-order valence-corrected chi connectivity index (χ3v) is 4.31. The van der Waals surface area contributed by atoms with Gasteiger partial charge in [0.2, 0.25) is 5.82 Å². The molecule has 0 fully saturated rings. The molecule has 3 aromatic heterocycles. The highest BCUT2D eigenvalue weighted by Crippen LogP contribution is 2.29. The van der Waals surface area contributed by atoms with E-state index in [-0.39, 0.29) is 17.9 Å². The first-order valence-electron chi connectivity index (χ1n) is 8.39. The number of alkyl halides is 3. The van der Waals surface area contributed by atoms with E-state index in [2.05, 4.69) is 19.6 Å². The number of halogens is 3. The lowest BCUT2D eigenvalue weighted by Crippen LogP contribution is -2.19. The number of hydrogen-bond acceptors (Lipinski definition) is 6. The zero-order valence-electron chi connectivity index (χ0n) is 15.0. The van der Waals surface area contributed by atoms with Crippen molar-refractivity contribution in [1.29, 1.82) is 0 Å². The lowest BCUT2D eigenvalue weighted by molar-refractivity contribution is -0.159. The summed E-state index contributed by atoms with van der Waals surface area (Å²) in [6, 6.07) is 9.87. The predicted molar refractivity (Wildman–Crippen MR) is 96.4 cm³/mol. The van der Waals surface area contributed by atoms with Gasteiger partial charge in [-0.05, 0) is 23.8 Å². The molecule has 10 heteroatoms. The molecule has 0 radical (unpaired) electrons. The summed E-state index contributed by atoms with van der Waals surface area (Å²) in [7, 11) is 1.55. The smallest absolute Gasteiger partial charge is 0.471 e. The first kappa shape index (κ1) is 18.7. The summed E-state index contributed by atoms with van der Waals surface area (Å²) in [5.41, 5.74) is 1.21. The molecule has 29 heavy (non-hydrogen) atoms. The summed E-state index contributed by atoms with van der Waals surface area (Å²) < 4.78 is 48.8. The lowest BCUT2D eigenvalue weighted by Gasteiger charge is -2.11. The molecule has 0 saturated carbocycles. The number of aromatic nitrogens is 4. The van der Waals surface area contributed by atoms with Gasteiger partial charge < -0.3 is 13.8 Å². The summed E-state index contributed by atoms with van der Waals surface area (Å²) in [6.07, 6.45) is -1.63. The van der Waals surface area contributed by atoms with Gasteiger partial charge in [0.05, 0.1) is 13.7 Å². The molecule has 4 aromatic rings. The molecule has 148 valence electrons. The van der Waals surface area contributed by atoms with E-state index < -0.39 is 17.6 Å². The summed E-state index contributed by atoms with van der Waals surface area (Å²) in [6.45, 7) is 0.241. The van der Waals surface area contributed by atoms with Crippen LogP contribution in [0.15, 0.2) is 58.1 Å². The van der Waals surface area contributed by atoms with Crippen LogP contribution in [0.25, 0.3) is 22.3 Å². The van der Waals surface area contributed by atoms with Crippen molar-refractivity contribution < 1.29 is 22.4 Å². The Morgan fingerprint density at radius 2 is 2.03 bits per heavy atom. The van der Waals surface area contributed by atoms with E-state index in [4.69, 9.17) is 4.74 Å². The normalized spacial score (nSPS) is 11.7. The molecule has 3 heterocycles. The first-order chi connectivity index (χ1) is 13.9. The molecular formula is C19H13F3N4O3. The Morgan fingerprint density at radius 3 is 2.72 bits per heavy atom. The first-order valence-corrected chi connectivity index (χ1v) is 8.39. The fourth-order valence-corrected chi connectivity index (χ4v) is 2.93. The highest BCUT2D eigenvalue weighted by atomic mass is 19.4. The molecule has 0 N–H and O–H groups in total. The minimum absolute atomic E-state index is 0.131. The molecule has 0 amide bonds. The van der Waals surface area contributed by atoms with Crippen molar-refractivity contribution >= 4 is 10.9 Å². The van der Waals surface area contributed by atoms with Gasteiger partial charge in [-0.15, -0.1) is 0 Å². The molecule has 0 saturated heterocycles. The predicted octanol–water partition coefficient (Wildman–Crippen LogP) is 3.52. The fraction of sp³-hybridized carbons (Fsp3) is 0.158. The van der Waals surface area contributed by atoms with E-state index >= 15 is 0 Å². The molecule has 0 aliphatic carbocycles. The topological polar surface area (TPSA) is 83.0 Å². The van der Waals surface area contributed by atoms with Crippen LogP contribution in [-0.4, -0.2) is 26.8 Å². The molecular weight excluding hydrogens is 389 g/mol. The Morgan fingerprint density at radius 1 is 1.21 bits per heavy atom. The van der Waals surface area contributed by atoms with Crippen molar-refractivity contribution in [3.8, 4) is 17.1 Å². The summed E-state index contributed by atoms with van der Waals surface area (Å²) in [4.78, 5) is 20.1. The number of nitrogens with zero attached hydrogens (tertiary/aromatic N) is 4. The molecule has 0 bridgehead atoms. The zero-order chi connectivity index (χ0) is 20.6. The maximum atomic E-state index is 12.6. The van der Waals surface area contributed by atoms with Crippen LogP contribution in [0.4, 0.5) is 13.2 Å². The highest BCUT2D eigenvalue weighted by molar-refractivity contribution is 5.87. The molecule has 1 aromatic carbocycles. The Kier molecular flexibility index (Phi) is 4.53. The van der Waals surface area contributed by atoms with Crippen LogP contribution in [0.5, 0.6) is 5.75 Å². The van der Waals surface area contributed by atoms with Crippen LogP contribution in [0.1, 0.15) is 11.5 Å². The van der Waals surface area contributed by atoms with Crippen molar-refractivity contribution in [2.75, 3.05) is 7.11 Å². The van der Waals surface area contributed by atoms with Crippen LogP contribution >= 0.6 is 0 Å². The van der Waals surface area contributed by atoms with Crippen molar-refractivity contribution in [3.05, 3.63) is 70.6 Å². The van der Waals surface area contributed by atoms with Crippen molar-refractivity contribution in [3.63, 3.8) is 0 Å². The second-order valence-corrected chi connectivity index (χ2v) is 6.13. The van der Waals surface area contributed by atoms with Crippen LogP contribution < -0.4 is 10.3 Å². The SMILES string of the molecule is COc1ccc(Cn2ccc(-c3noc(C(F)(F)F)n3)cc2=O)c2cccnc12. The Bertz CT molecular complexity index is 1250. The van der Waals surface area contributed by atoms with Gasteiger partial charge in [-0.3, -0.25) is 9.78 Å². The number of hydrogen-bond donors (Lipinski definition) is 0. The van der Waals surface area contributed by atoms with E-state index in [1.807, 2.05) is 12.1 Å². The van der Waals surface area contributed by atoms with Gasteiger partial charge in [0.1, 0.15) is 11.3 Å².